The summed E-state index contributed by atoms with van der Waals surface area (Å²) in [4.78, 5) is 11.7. The average Bonchev–Trinajstić information content (AvgIpc) is 3.11. The third-order valence-corrected chi connectivity index (χ3v) is 4.91. The van der Waals surface area contributed by atoms with Gasteiger partial charge < -0.3 is 15.5 Å². The second-order valence-electron chi connectivity index (χ2n) is 6.17. The van der Waals surface area contributed by atoms with Gasteiger partial charge in [-0.05, 0) is 39.3 Å². The van der Waals surface area contributed by atoms with Crippen LogP contribution in [0.3, 0.4) is 0 Å². The van der Waals surface area contributed by atoms with Crippen LogP contribution in [0.2, 0.25) is 0 Å². The van der Waals surface area contributed by atoms with E-state index in [0.717, 1.165) is 24.1 Å². The van der Waals surface area contributed by atoms with Crippen LogP contribution in [0.1, 0.15) is 50.2 Å². The van der Waals surface area contributed by atoms with Crippen molar-refractivity contribution in [2.24, 2.45) is 4.99 Å². The van der Waals surface area contributed by atoms with E-state index < -0.39 is 0 Å². The van der Waals surface area contributed by atoms with Crippen molar-refractivity contribution in [3.8, 4) is 0 Å². The minimum absolute atomic E-state index is 0.484. The highest BCUT2D eigenvalue weighted by atomic mass is 32.1. The maximum Gasteiger partial charge on any atom is 0.191 e. The van der Waals surface area contributed by atoms with Crippen molar-refractivity contribution >= 4 is 17.3 Å². The van der Waals surface area contributed by atoms with Gasteiger partial charge in [-0.1, -0.05) is 13.8 Å². The Balaban J connectivity index is 1.88. The Kier molecular flexibility index (Phi) is 6.64. The Bertz CT molecular complexity index is 483. The lowest BCUT2D eigenvalue weighted by Crippen LogP contribution is -2.44. The molecule has 0 amide bonds. The lowest BCUT2D eigenvalue weighted by molar-refractivity contribution is 0.309. The maximum absolute atomic E-state index is 4.67. The fourth-order valence-electron chi connectivity index (χ4n) is 2.60. The standard InChI is InChI=1S/C16H29N5S/c1-5-17-16(18-9-13-7-6-8-21(13)4)19-10-15-20-14(11-22-15)12(2)3/h11-13H,5-10H2,1-4H3,(H2,17,18,19). The van der Waals surface area contributed by atoms with Crippen LogP contribution >= 0.6 is 11.3 Å². The number of aromatic nitrogens is 1. The van der Waals surface area contributed by atoms with E-state index >= 15 is 0 Å². The van der Waals surface area contributed by atoms with Gasteiger partial charge in [0.25, 0.3) is 0 Å². The second kappa shape index (κ2) is 8.48. The third-order valence-electron chi connectivity index (χ3n) is 4.05. The molecule has 1 atom stereocenters. The SMILES string of the molecule is CCNC(=NCc1nc(C(C)C)cs1)NCC1CCCN1C. The first kappa shape index (κ1) is 17.2. The van der Waals surface area contributed by atoms with Crippen molar-refractivity contribution in [2.45, 2.75) is 52.1 Å². The number of thiazole rings is 1. The smallest absolute Gasteiger partial charge is 0.191 e. The molecule has 0 spiro atoms. The molecule has 1 aliphatic rings. The summed E-state index contributed by atoms with van der Waals surface area (Å²) in [6, 6.07) is 0.622. The molecule has 1 fully saturated rings. The van der Waals surface area contributed by atoms with Gasteiger partial charge in [0.05, 0.1) is 12.2 Å². The summed E-state index contributed by atoms with van der Waals surface area (Å²) >= 11 is 1.70. The molecule has 22 heavy (non-hydrogen) atoms. The molecule has 1 aromatic rings. The molecule has 0 aliphatic carbocycles. The number of hydrogen-bond donors (Lipinski definition) is 2. The fourth-order valence-corrected chi connectivity index (χ4v) is 3.48. The molecule has 5 nitrogen and oxygen atoms in total. The first-order valence-electron chi connectivity index (χ1n) is 8.26. The molecule has 2 N–H and O–H groups in total. The van der Waals surface area contributed by atoms with Gasteiger partial charge in [-0.3, -0.25) is 0 Å². The van der Waals surface area contributed by atoms with E-state index in [9.17, 15) is 0 Å². The zero-order chi connectivity index (χ0) is 15.9. The Morgan fingerprint density at radius 3 is 2.91 bits per heavy atom. The van der Waals surface area contributed by atoms with Crippen LogP contribution in [0, 0.1) is 0 Å². The van der Waals surface area contributed by atoms with Crippen molar-refractivity contribution in [1.82, 2.24) is 20.5 Å². The van der Waals surface area contributed by atoms with Crippen LogP contribution in [0.5, 0.6) is 0 Å². The molecule has 0 aromatic carbocycles. The Morgan fingerprint density at radius 2 is 2.32 bits per heavy atom. The lowest BCUT2D eigenvalue weighted by atomic mass is 10.2. The molecule has 0 radical (unpaired) electrons. The summed E-state index contributed by atoms with van der Waals surface area (Å²) in [5.74, 6) is 1.38. The van der Waals surface area contributed by atoms with Crippen LogP contribution < -0.4 is 10.6 Å². The van der Waals surface area contributed by atoms with E-state index in [1.54, 1.807) is 11.3 Å². The summed E-state index contributed by atoms with van der Waals surface area (Å²) in [5, 5.41) is 10.0. The number of nitrogens with zero attached hydrogens (tertiary/aromatic N) is 3. The Morgan fingerprint density at radius 1 is 1.50 bits per heavy atom. The molecule has 0 bridgehead atoms. The molecule has 2 rings (SSSR count). The average molecular weight is 324 g/mol. The topological polar surface area (TPSA) is 52.6 Å². The van der Waals surface area contributed by atoms with E-state index in [1.807, 2.05) is 0 Å². The molecule has 124 valence electrons. The predicted octanol–water partition coefficient (Wildman–Crippen LogP) is 2.42. The van der Waals surface area contributed by atoms with E-state index in [1.165, 1.54) is 25.1 Å². The van der Waals surface area contributed by atoms with Crippen molar-refractivity contribution in [2.75, 3.05) is 26.7 Å². The number of aliphatic imine (C=N–C) groups is 1. The second-order valence-corrected chi connectivity index (χ2v) is 7.12. The Labute approximate surface area is 138 Å². The first-order valence-corrected chi connectivity index (χ1v) is 9.14. The van der Waals surface area contributed by atoms with Crippen LogP contribution in [-0.4, -0.2) is 48.6 Å². The van der Waals surface area contributed by atoms with Gasteiger partial charge >= 0.3 is 0 Å². The summed E-state index contributed by atoms with van der Waals surface area (Å²) in [7, 11) is 2.20. The van der Waals surface area contributed by atoms with Gasteiger partial charge in [0.1, 0.15) is 5.01 Å². The number of guanidine groups is 1. The van der Waals surface area contributed by atoms with E-state index in [2.05, 4.69) is 58.7 Å². The maximum atomic E-state index is 4.67. The third kappa shape index (κ3) is 4.95. The first-order chi connectivity index (χ1) is 10.6. The zero-order valence-corrected chi connectivity index (χ0v) is 15.0. The Hall–Kier alpha value is -1.14. The highest BCUT2D eigenvalue weighted by molar-refractivity contribution is 7.09. The van der Waals surface area contributed by atoms with Gasteiger partial charge in [-0.2, -0.15) is 0 Å². The summed E-state index contributed by atoms with van der Waals surface area (Å²) in [6.07, 6.45) is 2.57. The van der Waals surface area contributed by atoms with Crippen molar-refractivity contribution in [1.29, 1.82) is 0 Å². The quantitative estimate of drug-likeness (QED) is 0.623. The van der Waals surface area contributed by atoms with E-state index in [4.69, 9.17) is 0 Å². The van der Waals surface area contributed by atoms with Crippen LogP contribution in [-0.2, 0) is 6.54 Å². The summed E-state index contributed by atoms with van der Waals surface area (Å²) in [5.41, 5.74) is 1.17. The van der Waals surface area contributed by atoms with Crippen LogP contribution in [0.4, 0.5) is 0 Å². The highest BCUT2D eigenvalue weighted by Gasteiger charge is 2.20. The lowest BCUT2D eigenvalue weighted by Gasteiger charge is -2.21. The number of likely N-dealkylation sites (tertiary alicyclic amines) is 1. The molecule has 0 saturated carbocycles. The molecule has 1 saturated heterocycles. The van der Waals surface area contributed by atoms with Crippen LogP contribution in [0.15, 0.2) is 10.4 Å². The van der Waals surface area contributed by atoms with Gasteiger partial charge in [0.15, 0.2) is 5.96 Å². The normalized spacial score (nSPS) is 19.9. The van der Waals surface area contributed by atoms with Crippen molar-refractivity contribution in [3.05, 3.63) is 16.1 Å². The number of nitrogens with one attached hydrogen (secondary N) is 2. The fraction of sp³-hybridized carbons (Fsp3) is 0.750. The highest BCUT2D eigenvalue weighted by Crippen LogP contribution is 2.18. The monoisotopic (exact) mass is 323 g/mol. The predicted molar refractivity (Wildman–Crippen MR) is 94.7 cm³/mol. The van der Waals surface area contributed by atoms with Crippen molar-refractivity contribution in [3.63, 3.8) is 0 Å². The largest absolute Gasteiger partial charge is 0.357 e. The van der Waals surface area contributed by atoms with Crippen molar-refractivity contribution < 1.29 is 0 Å². The molecule has 6 heteroatoms. The summed E-state index contributed by atoms with van der Waals surface area (Å²) in [6.45, 7) is 10.1. The molecular weight excluding hydrogens is 294 g/mol. The number of rotatable bonds is 6. The zero-order valence-electron chi connectivity index (χ0n) is 14.2. The molecule has 2 heterocycles. The van der Waals surface area contributed by atoms with Gasteiger partial charge in [-0.15, -0.1) is 11.3 Å². The minimum Gasteiger partial charge on any atom is -0.357 e. The van der Waals surface area contributed by atoms with Crippen LogP contribution in [0.25, 0.3) is 0 Å². The van der Waals surface area contributed by atoms with Gasteiger partial charge in [0.2, 0.25) is 0 Å². The number of likely N-dealkylation sites (N-methyl/N-ethyl adjacent to an activating group) is 1. The molecule has 1 aromatic heterocycles. The van der Waals surface area contributed by atoms with Gasteiger partial charge in [-0.25, -0.2) is 9.98 Å². The molecule has 1 aliphatic heterocycles. The number of hydrogen-bond acceptors (Lipinski definition) is 4. The van der Waals surface area contributed by atoms with E-state index in [0.29, 0.717) is 18.5 Å². The molecule has 1 unspecified atom stereocenters. The molecular formula is C16H29N5S. The van der Waals surface area contributed by atoms with E-state index in [-0.39, 0.29) is 0 Å². The summed E-state index contributed by atoms with van der Waals surface area (Å²) < 4.78 is 0. The van der Waals surface area contributed by atoms with Gasteiger partial charge in [0, 0.05) is 24.5 Å². The minimum atomic E-state index is 0.484.